The Morgan fingerprint density at radius 2 is 2.21 bits per heavy atom. The predicted molar refractivity (Wildman–Crippen MR) is 119 cm³/mol. The molecule has 0 unspecified atom stereocenters. The first-order valence-electron chi connectivity index (χ1n) is 9.38. The molecule has 8 heteroatoms. The van der Waals surface area contributed by atoms with Crippen molar-refractivity contribution < 1.29 is 4.79 Å². The summed E-state index contributed by atoms with van der Waals surface area (Å²) in [5.74, 6) is 0.469. The van der Waals surface area contributed by atoms with Crippen LogP contribution in [-0.4, -0.2) is 21.9 Å². The van der Waals surface area contributed by atoms with Crippen LogP contribution in [0.2, 0.25) is 10.2 Å². The highest BCUT2D eigenvalue weighted by atomic mass is 35.5. The molecule has 4 rings (SSSR count). The van der Waals surface area contributed by atoms with Gasteiger partial charge in [-0.3, -0.25) is 4.79 Å². The number of halogens is 2. The third-order valence-corrected chi connectivity index (χ3v) is 6.85. The smallest absolute Gasteiger partial charge is 0.266 e. The van der Waals surface area contributed by atoms with E-state index in [-0.39, 0.29) is 5.91 Å². The van der Waals surface area contributed by atoms with Crippen LogP contribution >= 0.6 is 34.5 Å². The lowest BCUT2D eigenvalue weighted by Crippen LogP contribution is -2.16. The van der Waals surface area contributed by atoms with Gasteiger partial charge in [0.1, 0.15) is 5.15 Å². The first-order chi connectivity index (χ1) is 13.9. The normalized spacial score (nSPS) is 16.2. The SMILES string of the molecule is Cc1nn(-c2cccc(Cl)c2)c(Cl)c1/C=N\NC(=O)c1cc2c(s1)CC[C@@H](C)C2. The highest BCUT2D eigenvalue weighted by Crippen LogP contribution is 2.32. The molecule has 0 aliphatic heterocycles. The average molecular weight is 447 g/mol. The van der Waals surface area contributed by atoms with Gasteiger partial charge in [0.25, 0.3) is 5.91 Å². The molecule has 1 N–H and O–H groups in total. The molecule has 2 heterocycles. The lowest BCUT2D eigenvalue weighted by atomic mass is 9.90. The van der Waals surface area contributed by atoms with Crippen LogP contribution in [0.3, 0.4) is 0 Å². The molecule has 0 saturated heterocycles. The van der Waals surface area contributed by atoms with Gasteiger partial charge >= 0.3 is 0 Å². The molecule has 0 radical (unpaired) electrons. The van der Waals surface area contributed by atoms with Crippen LogP contribution < -0.4 is 5.43 Å². The van der Waals surface area contributed by atoms with E-state index < -0.39 is 0 Å². The maximum Gasteiger partial charge on any atom is 0.281 e. The molecule has 5 nitrogen and oxygen atoms in total. The molecular weight excluding hydrogens is 427 g/mol. The van der Waals surface area contributed by atoms with Crippen molar-refractivity contribution in [3.63, 3.8) is 0 Å². The van der Waals surface area contributed by atoms with Crippen molar-refractivity contribution in [3.8, 4) is 5.69 Å². The van der Waals surface area contributed by atoms with Crippen LogP contribution in [-0.2, 0) is 12.8 Å². The number of fused-ring (bicyclic) bond motifs is 1. The summed E-state index contributed by atoms with van der Waals surface area (Å²) in [7, 11) is 0. The van der Waals surface area contributed by atoms with Crippen LogP contribution in [0.5, 0.6) is 0 Å². The second kappa shape index (κ2) is 8.30. The van der Waals surface area contributed by atoms with Crippen molar-refractivity contribution in [1.29, 1.82) is 0 Å². The van der Waals surface area contributed by atoms with Gasteiger partial charge in [-0.2, -0.15) is 10.2 Å². The lowest BCUT2D eigenvalue weighted by Gasteiger charge is -2.16. The Morgan fingerprint density at radius 3 is 3.00 bits per heavy atom. The fourth-order valence-electron chi connectivity index (χ4n) is 3.47. The molecule has 29 heavy (non-hydrogen) atoms. The number of hydrogen-bond donors (Lipinski definition) is 1. The van der Waals surface area contributed by atoms with E-state index in [2.05, 4.69) is 22.5 Å². The van der Waals surface area contributed by atoms with E-state index in [1.54, 1.807) is 28.2 Å². The number of aromatic nitrogens is 2. The molecule has 0 bridgehead atoms. The van der Waals surface area contributed by atoms with Crippen LogP contribution in [0, 0.1) is 12.8 Å². The zero-order chi connectivity index (χ0) is 20.5. The number of nitrogens with zero attached hydrogens (tertiary/aromatic N) is 3. The second-order valence-electron chi connectivity index (χ2n) is 7.29. The lowest BCUT2D eigenvalue weighted by molar-refractivity contribution is 0.0959. The van der Waals surface area contributed by atoms with E-state index in [0.717, 1.165) is 18.5 Å². The molecule has 1 aromatic carbocycles. The molecule has 2 aromatic heterocycles. The highest BCUT2D eigenvalue weighted by Gasteiger charge is 2.20. The van der Waals surface area contributed by atoms with E-state index in [1.807, 2.05) is 25.1 Å². The molecule has 150 valence electrons. The third kappa shape index (κ3) is 4.25. The van der Waals surface area contributed by atoms with Gasteiger partial charge in [0.05, 0.1) is 28.0 Å². The fourth-order valence-corrected chi connectivity index (χ4v) is 5.07. The summed E-state index contributed by atoms with van der Waals surface area (Å²) in [6, 6.07) is 9.26. The standard InChI is InChI=1S/C21H20Cl2N4OS/c1-12-6-7-18-14(8-12)9-19(29-18)21(28)25-24-11-17-13(2)26-27(20(17)23)16-5-3-4-15(22)10-16/h3-5,9-12H,6-8H2,1-2H3,(H,25,28)/b24-11-/t12-/m1/s1. The highest BCUT2D eigenvalue weighted by molar-refractivity contribution is 7.14. The van der Waals surface area contributed by atoms with Crippen molar-refractivity contribution in [2.45, 2.75) is 33.1 Å². The minimum Gasteiger partial charge on any atom is -0.266 e. The number of carbonyl (C=O) groups excluding carboxylic acids is 1. The van der Waals surface area contributed by atoms with Crippen molar-refractivity contribution in [2.75, 3.05) is 0 Å². The summed E-state index contributed by atoms with van der Waals surface area (Å²) in [5.41, 5.74) is 6.00. The summed E-state index contributed by atoms with van der Waals surface area (Å²) in [4.78, 5) is 14.5. The minimum atomic E-state index is -0.204. The molecular formula is C21H20Cl2N4OS. The van der Waals surface area contributed by atoms with Gasteiger partial charge in [-0.25, -0.2) is 10.1 Å². The van der Waals surface area contributed by atoms with E-state index >= 15 is 0 Å². The molecule has 0 fully saturated rings. The number of carbonyl (C=O) groups is 1. The average Bonchev–Trinajstić information content (AvgIpc) is 3.23. The minimum absolute atomic E-state index is 0.204. The maximum absolute atomic E-state index is 12.5. The second-order valence-corrected chi connectivity index (χ2v) is 9.22. The largest absolute Gasteiger partial charge is 0.281 e. The summed E-state index contributed by atoms with van der Waals surface area (Å²) >= 11 is 14.1. The van der Waals surface area contributed by atoms with E-state index in [4.69, 9.17) is 23.2 Å². The summed E-state index contributed by atoms with van der Waals surface area (Å²) < 4.78 is 1.60. The van der Waals surface area contributed by atoms with E-state index in [9.17, 15) is 4.79 Å². The van der Waals surface area contributed by atoms with Gasteiger partial charge in [0.15, 0.2) is 0 Å². The Bertz CT molecular complexity index is 1100. The topological polar surface area (TPSA) is 59.3 Å². The number of amides is 1. The van der Waals surface area contributed by atoms with Crippen molar-refractivity contribution in [3.05, 3.63) is 67.1 Å². The Kier molecular flexibility index (Phi) is 5.76. The fraction of sp³-hybridized carbons (Fsp3) is 0.286. The van der Waals surface area contributed by atoms with Crippen molar-refractivity contribution in [2.24, 2.45) is 11.0 Å². The van der Waals surface area contributed by atoms with Crippen LogP contribution in [0.4, 0.5) is 0 Å². The van der Waals surface area contributed by atoms with E-state index in [1.165, 1.54) is 23.1 Å². The Morgan fingerprint density at radius 1 is 1.38 bits per heavy atom. The van der Waals surface area contributed by atoms with Gasteiger partial charge < -0.3 is 0 Å². The van der Waals surface area contributed by atoms with Crippen molar-refractivity contribution in [1.82, 2.24) is 15.2 Å². The number of benzene rings is 1. The zero-order valence-corrected chi connectivity index (χ0v) is 18.4. The first kappa shape index (κ1) is 20.1. The molecule has 1 atom stereocenters. The number of aryl methyl sites for hydroxylation is 2. The number of rotatable bonds is 4. The molecule has 0 spiro atoms. The quantitative estimate of drug-likeness (QED) is 0.428. The van der Waals surface area contributed by atoms with Crippen LogP contribution in [0.1, 0.15) is 44.7 Å². The molecule has 1 aliphatic rings. The number of thiophene rings is 1. The summed E-state index contributed by atoms with van der Waals surface area (Å²) in [5, 5.41) is 9.56. The van der Waals surface area contributed by atoms with Crippen LogP contribution in [0.15, 0.2) is 35.4 Å². The Hall–Kier alpha value is -2.15. The van der Waals surface area contributed by atoms with Crippen LogP contribution in [0.25, 0.3) is 5.69 Å². The molecule has 1 aliphatic carbocycles. The summed E-state index contributed by atoms with van der Waals surface area (Å²) in [6.07, 6.45) is 4.80. The van der Waals surface area contributed by atoms with Gasteiger partial charge in [0, 0.05) is 9.90 Å². The van der Waals surface area contributed by atoms with Gasteiger partial charge in [-0.15, -0.1) is 11.3 Å². The molecule has 3 aromatic rings. The predicted octanol–water partition coefficient (Wildman–Crippen LogP) is 5.44. The summed E-state index contributed by atoms with van der Waals surface area (Å²) in [6.45, 7) is 4.09. The maximum atomic E-state index is 12.5. The first-order valence-corrected chi connectivity index (χ1v) is 11.0. The van der Waals surface area contributed by atoms with Gasteiger partial charge in [0.2, 0.25) is 0 Å². The Labute approximate surface area is 183 Å². The number of hydrazone groups is 1. The number of nitrogens with one attached hydrogen (secondary N) is 1. The van der Waals surface area contributed by atoms with Crippen molar-refractivity contribution >= 4 is 46.7 Å². The van der Waals surface area contributed by atoms with E-state index in [0.29, 0.717) is 32.2 Å². The zero-order valence-electron chi connectivity index (χ0n) is 16.1. The van der Waals surface area contributed by atoms with Gasteiger partial charge in [-0.1, -0.05) is 36.2 Å². The third-order valence-electron chi connectivity index (χ3n) is 5.01. The monoisotopic (exact) mass is 446 g/mol. The Balaban J connectivity index is 1.49. The van der Waals surface area contributed by atoms with Gasteiger partial charge in [-0.05, 0) is 61.9 Å². The molecule has 0 saturated carbocycles. The number of hydrogen-bond acceptors (Lipinski definition) is 4. The molecule has 1 amide bonds.